The summed E-state index contributed by atoms with van der Waals surface area (Å²) in [5, 5.41) is 0. The molecule has 0 saturated carbocycles. The van der Waals surface area contributed by atoms with Gasteiger partial charge in [0.25, 0.3) is 5.91 Å². The van der Waals surface area contributed by atoms with Crippen molar-refractivity contribution >= 4 is 11.6 Å². The molecule has 1 rings (SSSR count). The molecule has 0 heterocycles. The molecule has 0 radical (unpaired) electrons. The van der Waals surface area contributed by atoms with E-state index in [0.717, 1.165) is 17.7 Å². The predicted octanol–water partition coefficient (Wildman–Crippen LogP) is 1.86. The standard InChI is InChI=1S/C14H22N2O2/c1-15(2)13-8-6-12(7-9-13)14(17)16(3)10-5-11-18-4/h6-9H,5,10-11H2,1-4H3. The average molecular weight is 250 g/mol. The Labute approximate surface area is 109 Å². The number of nitrogens with zero attached hydrogens (tertiary/aromatic N) is 2. The first kappa shape index (κ1) is 14.5. The van der Waals surface area contributed by atoms with Crippen LogP contribution in [0.1, 0.15) is 16.8 Å². The number of carbonyl (C=O) groups excluding carboxylic acids is 1. The zero-order chi connectivity index (χ0) is 13.5. The Morgan fingerprint density at radius 1 is 1.17 bits per heavy atom. The highest BCUT2D eigenvalue weighted by atomic mass is 16.5. The van der Waals surface area contributed by atoms with Gasteiger partial charge in [0.05, 0.1) is 0 Å². The number of amides is 1. The quantitative estimate of drug-likeness (QED) is 0.722. The van der Waals surface area contributed by atoms with E-state index in [-0.39, 0.29) is 5.91 Å². The fourth-order valence-corrected chi connectivity index (χ4v) is 1.67. The summed E-state index contributed by atoms with van der Waals surface area (Å²) in [7, 11) is 7.45. The van der Waals surface area contributed by atoms with Crippen LogP contribution in [0.5, 0.6) is 0 Å². The minimum absolute atomic E-state index is 0.0522. The fourth-order valence-electron chi connectivity index (χ4n) is 1.67. The Morgan fingerprint density at radius 2 is 1.78 bits per heavy atom. The van der Waals surface area contributed by atoms with Crippen LogP contribution in [0.3, 0.4) is 0 Å². The fraction of sp³-hybridized carbons (Fsp3) is 0.500. The van der Waals surface area contributed by atoms with Crippen LogP contribution in [0, 0.1) is 0 Å². The highest BCUT2D eigenvalue weighted by molar-refractivity contribution is 5.94. The Kier molecular flexibility index (Phi) is 5.65. The summed E-state index contributed by atoms with van der Waals surface area (Å²) in [6.45, 7) is 1.39. The number of methoxy groups -OCH3 is 1. The van der Waals surface area contributed by atoms with E-state index in [1.165, 1.54) is 0 Å². The summed E-state index contributed by atoms with van der Waals surface area (Å²) < 4.78 is 4.98. The summed E-state index contributed by atoms with van der Waals surface area (Å²) in [5.74, 6) is 0.0522. The highest BCUT2D eigenvalue weighted by Crippen LogP contribution is 2.13. The molecule has 1 aromatic rings. The van der Waals surface area contributed by atoms with Gasteiger partial charge >= 0.3 is 0 Å². The van der Waals surface area contributed by atoms with E-state index in [1.54, 1.807) is 12.0 Å². The molecule has 0 fully saturated rings. The van der Waals surface area contributed by atoms with Crippen molar-refractivity contribution in [3.8, 4) is 0 Å². The number of hydrogen-bond donors (Lipinski definition) is 0. The third kappa shape index (κ3) is 4.04. The minimum Gasteiger partial charge on any atom is -0.385 e. The van der Waals surface area contributed by atoms with E-state index >= 15 is 0 Å². The van der Waals surface area contributed by atoms with Crippen LogP contribution >= 0.6 is 0 Å². The van der Waals surface area contributed by atoms with Crippen LogP contribution in [-0.4, -0.2) is 52.2 Å². The number of hydrogen-bond acceptors (Lipinski definition) is 3. The normalized spacial score (nSPS) is 10.2. The van der Waals surface area contributed by atoms with Gasteiger partial charge in [-0.05, 0) is 30.7 Å². The van der Waals surface area contributed by atoms with Crippen LogP contribution in [-0.2, 0) is 4.74 Å². The molecule has 1 amide bonds. The van der Waals surface area contributed by atoms with Crippen molar-refractivity contribution in [2.45, 2.75) is 6.42 Å². The second kappa shape index (κ2) is 7.01. The van der Waals surface area contributed by atoms with Crippen LogP contribution in [0.2, 0.25) is 0 Å². The lowest BCUT2D eigenvalue weighted by Crippen LogP contribution is -2.28. The van der Waals surface area contributed by atoms with Gasteiger partial charge in [-0.25, -0.2) is 0 Å². The van der Waals surface area contributed by atoms with Gasteiger partial charge in [0.2, 0.25) is 0 Å². The van der Waals surface area contributed by atoms with Crippen LogP contribution in [0.15, 0.2) is 24.3 Å². The molecule has 4 nitrogen and oxygen atoms in total. The lowest BCUT2D eigenvalue weighted by Gasteiger charge is -2.18. The average Bonchev–Trinajstić information content (AvgIpc) is 2.38. The van der Waals surface area contributed by atoms with Gasteiger partial charge in [-0.15, -0.1) is 0 Å². The molecule has 1 aromatic carbocycles. The highest BCUT2D eigenvalue weighted by Gasteiger charge is 2.11. The Hall–Kier alpha value is -1.55. The molecule has 100 valence electrons. The van der Waals surface area contributed by atoms with Gasteiger partial charge < -0.3 is 14.5 Å². The first-order chi connectivity index (χ1) is 8.56. The van der Waals surface area contributed by atoms with Gasteiger partial charge in [0.1, 0.15) is 0 Å². The van der Waals surface area contributed by atoms with Crippen molar-refractivity contribution in [3.05, 3.63) is 29.8 Å². The molecular formula is C14H22N2O2. The third-order valence-corrected chi connectivity index (χ3v) is 2.82. The van der Waals surface area contributed by atoms with Gasteiger partial charge in [-0.2, -0.15) is 0 Å². The first-order valence-electron chi connectivity index (χ1n) is 6.08. The van der Waals surface area contributed by atoms with Gasteiger partial charge in [0, 0.05) is 52.7 Å². The second-order valence-corrected chi connectivity index (χ2v) is 4.51. The van der Waals surface area contributed by atoms with E-state index in [0.29, 0.717) is 13.2 Å². The van der Waals surface area contributed by atoms with Crippen molar-refractivity contribution < 1.29 is 9.53 Å². The number of benzene rings is 1. The topological polar surface area (TPSA) is 32.8 Å². The molecule has 18 heavy (non-hydrogen) atoms. The number of ether oxygens (including phenoxy) is 1. The second-order valence-electron chi connectivity index (χ2n) is 4.51. The van der Waals surface area contributed by atoms with E-state index in [4.69, 9.17) is 4.74 Å². The Balaban J connectivity index is 2.60. The van der Waals surface area contributed by atoms with Crippen LogP contribution < -0.4 is 4.90 Å². The van der Waals surface area contributed by atoms with E-state index < -0.39 is 0 Å². The van der Waals surface area contributed by atoms with E-state index in [1.807, 2.05) is 50.3 Å². The Morgan fingerprint density at radius 3 is 2.28 bits per heavy atom. The maximum Gasteiger partial charge on any atom is 0.253 e. The predicted molar refractivity (Wildman–Crippen MR) is 74.2 cm³/mol. The molecule has 0 saturated heterocycles. The molecule has 0 atom stereocenters. The molecule has 0 aliphatic rings. The zero-order valence-corrected chi connectivity index (χ0v) is 11.6. The molecule has 0 aliphatic heterocycles. The lowest BCUT2D eigenvalue weighted by molar-refractivity contribution is 0.0779. The summed E-state index contributed by atoms with van der Waals surface area (Å²) in [6.07, 6.45) is 0.856. The molecule has 0 aromatic heterocycles. The maximum atomic E-state index is 12.1. The van der Waals surface area contributed by atoms with Crippen molar-refractivity contribution in [2.24, 2.45) is 0 Å². The Bertz CT molecular complexity index is 374. The molecule has 0 spiro atoms. The zero-order valence-electron chi connectivity index (χ0n) is 11.6. The van der Waals surface area contributed by atoms with Crippen molar-refractivity contribution in [1.29, 1.82) is 0 Å². The van der Waals surface area contributed by atoms with Gasteiger partial charge in [-0.1, -0.05) is 0 Å². The molecule has 0 aliphatic carbocycles. The van der Waals surface area contributed by atoms with Crippen molar-refractivity contribution in [2.75, 3.05) is 46.3 Å². The SMILES string of the molecule is COCCCN(C)C(=O)c1ccc(N(C)C)cc1. The summed E-state index contributed by atoms with van der Waals surface area (Å²) in [5.41, 5.74) is 1.81. The van der Waals surface area contributed by atoms with Gasteiger partial charge in [-0.3, -0.25) is 4.79 Å². The van der Waals surface area contributed by atoms with Crippen molar-refractivity contribution in [1.82, 2.24) is 4.90 Å². The largest absolute Gasteiger partial charge is 0.385 e. The summed E-state index contributed by atoms with van der Waals surface area (Å²) in [4.78, 5) is 15.8. The van der Waals surface area contributed by atoms with Crippen LogP contribution in [0.4, 0.5) is 5.69 Å². The number of carbonyl (C=O) groups is 1. The summed E-state index contributed by atoms with van der Waals surface area (Å²) >= 11 is 0. The molecule has 0 bridgehead atoms. The summed E-state index contributed by atoms with van der Waals surface area (Å²) in [6, 6.07) is 7.64. The molecule has 0 N–H and O–H groups in total. The molecular weight excluding hydrogens is 228 g/mol. The monoisotopic (exact) mass is 250 g/mol. The number of rotatable bonds is 6. The third-order valence-electron chi connectivity index (χ3n) is 2.82. The van der Waals surface area contributed by atoms with E-state index in [2.05, 4.69) is 0 Å². The molecule has 4 heteroatoms. The first-order valence-corrected chi connectivity index (χ1v) is 6.08. The number of anilines is 1. The minimum atomic E-state index is 0.0522. The van der Waals surface area contributed by atoms with E-state index in [9.17, 15) is 4.79 Å². The smallest absolute Gasteiger partial charge is 0.253 e. The maximum absolute atomic E-state index is 12.1. The van der Waals surface area contributed by atoms with Crippen LogP contribution in [0.25, 0.3) is 0 Å². The van der Waals surface area contributed by atoms with Crippen molar-refractivity contribution in [3.63, 3.8) is 0 Å². The lowest BCUT2D eigenvalue weighted by atomic mass is 10.1. The van der Waals surface area contributed by atoms with Gasteiger partial charge in [0.15, 0.2) is 0 Å². The molecule has 0 unspecified atom stereocenters.